The Morgan fingerprint density at radius 2 is 0.670 bits per heavy atom. The van der Waals surface area contributed by atoms with E-state index in [1.165, 1.54) is 154 Å². The van der Waals surface area contributed by atoms with E-state index in [2.05, 4.69) is 38.3 Å². The second-order valence-corrected chi connectivity index (χ2v) is 31.5. The van der Waals surface area contributed by atoms with Gasteiger partial charge in [0.05, 0.1) is 19.8 Å². The first kappa shape index (κ1) is 92.3. The molecule has 0 radical (unpaired) electrons. The number of rotatable bonds is 64. The fraction of sp³-hybridized carbons (Fsp3) is 0.702. The maximum Gasteiger partial charge on any atom is 0.306 e. The molecule has 2 amide bonds. The lowest BCUT2D eigenvalue weighted by Gasteiger charge is -2.50. The third kappa shape index (κ3) is 36.0. The van der Waals surface area contributed by atoms with Gasteiger partial charge in [0.2, 0.25) is 11.8 Å². The Morgan fingerprint density at radius 1 is 0.367 bits per heavy atom. The smallest absolute Gasteiger partial charge is 0.306 e. The Morgan fingerprint density at radius 3 is 1.02 bits per heavy atom. The first-order valence-electron chi connectivity index (χ1n) is 44.3. The molecule has 15 nitrogen and oxygen atoms in total. The maximum atomic E-state index is 15.2. The van der Waals surface area contributed by atoms with Gasteiger partial charge in [0.15, 0.2) is 24.8 Å². The largest absolute Gasteiger partial charge is 0.457 e. The minimum atomic E-state index is -1.61. The highest BCUT2D eigenvalue weighted by Crippen LogP contribution is 2.43. The molecule has 0 spiro atoms. The zero-order valence-corrected chi connectivity index (χ0v) is 68.3. The number of carbonyl (C=O) groups is 4. The van der Waals surface area contributed by atoms with E-state index < -0.39 is 85.4 Å². The minimum absolute atomic E-state index is 0.0538. The standard InChI is InChI=1S/C94H148N2O13/c1-5-9-13-17-21-25-29-33-37-41-57-69-82(98)95-86-90(107-84(100)71-59-43-39-35-31-27-23-19-15-11-7-3)88(102)80(73-97)105-93(86)109-89-81(75-104-94(77-63-51-46-52-64-77,78-65-53-47-54-66-78)79-67-55-48-56-68-79)106-92(103-74-76-61-49-45-50-62-76)87(96-83(99)70-58-42-38-34-30-26-22-18-14-10-6-2)91(89)108-85(101)72-60-44-40-36-32-28-24-20-16-12-8-4/h45-56,61-68,80-81,86-93,97,102H,5-44,57-60,69-75H2,1-4H3,(H,95,98)(H,96,99)/t80-,81-,86-,87-,88-,89-,90-,91-,92-,93+/m1/s1. The fourth-order valence-corrected chi connectivity index (χ4v) is 15.7. The molecule has 612 valence electrons. The molecule has 2 aliphatic rings. The zero-order valence-electron chi connectivity index (χ0n) is 68.3. The Hall–Kier alpha value is -5.52. The quantitative estimate of drug-likeness (QED) is 0.0185. The van der Waals surface area contributed by atoms with Crippen molar-refractivity contribution in [3.8, 4) is 0 Å². The van der Waals surface area contributed by atoms with Crippen LogP contribution in [0.4, 0.5) is 0 Å². The topological polar surface area (TPSA) is 197 Å². The van der Waals surface area contributed by atoms with Crippen LogP contribution < -0.4 is 10.6 Å². The predicted molar refractivity (Wildman–Crippen MR) is 440 cm³/mol. The molecule has 0 unspecified atom stereocenters. The van der Waals surface area contributed by atoms with E-state index >= 15 is 4.79 Å². The average molecular weight is 1510 g/mol. The van der Waals surface area contributed by atoms with Gasteiger partial charge in [-0.1, -0.05) is 406 Å². The van der Waals surface area contributed by atoms with Gasteiger partial charge in [-0.05, 0) is 47.9 Å². The molecule has 4 aromatic rings. The molecule has 2 saturated heterocycles. The Balaban J connectivity index is 1.42. The third-order valence-corrected chi connectivity index (χ3v) is 22.2. The van der Waals surface area contributed by atoms with Crippen molar-refractivity contribution in [3.05, 3.63) is 144 Å². The second-order valence-electron chi connectivity index (χ2n) is 31.5. The molecule has 0 bridgehead atoms. The number of nitrogens with one attached hydrogen (secondary N) is 2. The van der Waals surface area contributed by atoms with Crippen molar-refractivity contribution in [2.24, 2.45) is 0 Å². The lowest BCUT2D eigenvalue weighted by atomic mass is 9.80. The number of hydrogen-bond acceptors (Lipinski definition) is 13. The van der Waals surface area contributed by atoms with E-state index in [4.69, 9.17) is 33.2 Å². The summed E-state index contributed by atoms with van der Waals surface area (Å²) in [6, 6.07) is 37.0. The summed E-state index contributed by atoms with van der Waals surface area (Å²) in [6.45, 7) is 8.04. The molecule has 2 fully saturated rings. The lowest BCUT2D eigenvalue weighted by molar-refractivity contribution is -0.337. The molecular formula is C94H148N2O13. The molecule has 6 rings (SSSR count). The number of aliphatic hydroxyl groups excluding tert-OH is 2. The van der Waals surface area contributed by atoms with Crippen molar-refractivity contribution in [2.75, 3.05) is 13.2 Å². The number of carbonyl (C=O) groups excluding carboxylic acids is 4. The highest BCUT2D eigenvalue weighted by molar-refractivity contribution is 5.77. The van der Waals surface area contributed by atoms with Gasteiger partial charge in [-0.2, -0.15) is 0 Å². The molecule has 2 heterocycles. The molecular weight excluding hydrogens is 1370 g/mol. The average Bonchev–Trinajstić information content (AvgIpc) is 0.747. The van der Waals surface area contributed by atoms with Crippen LogP contribution in [0.3, 0.4) is 0 Å². The summed E-state index contributed by atoms with van der Waals surface area (Å²) >= 11 is 0. The maximum absolute atomic E-state index is 15.2. The van der Waals surface area contributed by atoms with E-state index in [1.807, 2.05) is 121 Å². The van der Waals surface area contributed by atoms with Crippen molar-refractivity contribution in [2.45, 2.75) is 409 Å². The van der Waals surface area contributed by atoms with E-state index in [0.717, 1.165) is 125 Å². The highest BCUT2D eigenvalue weighted by atomic mass is 16.7. The van der Waals surface area contributed by atoms with Crippen LogP contribution in [-0.4, -0.2) is 108 Å². The summed E-state index contributed by atoms with van der Waals surface area (Å²) in [5.74, 6) is -1.74. The molecule has 10 atom stereocenters. The summed E-state index contributed by atoms with van der Waals surface area (Å²) in [5, 5.41) is 30.1. The van der Waals surface area contributed by atoms with Crippen molar-refractivity contribution < 1.29 is 62.5 Å². The molecule has 0 aromatic heterocycles. The number of esters is 2. The van der Waals surface area contributed by atoms with Crippen LogP contribution >= 0.6 is 0 Å². The lowest BCUT2D eigenvalue weighted by Crippen LogP contribution is -2.70. The van der Waals surface area contributed by atoms with Crippen molar-refractivity contribution in [1.82, 2.24) is 10.6 Å². The van der Waals surface area contributed by atoms with Gasteiger partial charge in [-0.15, -0.1) is 0 Å². The van der Waals surface area contributed by atoms with Crippen LogP contribution in [0.1, 0.15) is 358 Å². The second kappa shape index (κ2) is 58.4. The monoisotopic (exact) mass is 1510 g/mol. The first-order chi connectivity index (χ1) is 53.6. The molecule has 4 aromatic carbocycles. The minimum Gasteiger partial charge on any atom is -0.457 e. The summed E-state index contributed by atoms with van der Waals surface area (Å²) in [6.07, 6.45) is 37.6. The number of ether oxygens (including phenoxy) is 7. The van der Waals surface area contributed by atoms with Gasteiger partial charge < -0.3 is 54.0 Å². The number of aliphatic hydroxyl groups is 2. The molecule has 0 aliphatic carbocycles. The Bertz CT molecular complexity index is 2810. The normalized spacial score (nSPS) is 20.1. The first-order valence-corrected chi connectivity index (χ1v) is 44.3. The van der Waals surface area contributed by atoms with E-state index in [-0.39, 0.29) is 50.7 Å². The Labute approximate surface area is 659 Å². The fourth-order valence-electron chi connectivity index (χ4n) is 15.7. The number of hydrogen-bond donors (Lipinski definition) is 4. The summed E-state index contributed by atoms with van der Waals surface area (Å²) in [4.78, 5) is 59.3. The van der Waals surface area contributed by atoms with Gasteiger partial charge in [-0.25, -0.2) is 0 Å². The van der Waals surface area contributed by atoms with E-state index in [0.29, 0.717) is 25.7 Å². The van der Waals surface area contributed by atoms with Crippen molar-refractivity contribution in [3.63, 3.8) is 0 Å². The summed E-state index contributed by atoms with van der Waals surface area (Å²) in [7, 11) is 0. The summed E-state index contributed by atoms with van der Waals surface area (Å²) < 4.78 is 49.6. The summed E-state index contributed by atoms with van der Waals surface area (Å²) in [5.41, 5.74) is 1.98. The number of benzene rings is 4. The molecule has 15 heteroatoms. The van der Waals surface area contributed by atoms with Crippen LogP contribution in [0.2, 0.25) is 0 Å². The highest BCUT2D eigenvalue weighted by Gasteiger charge is 2.56. The van der Waals surface area contributed by atoms with Crippen molar-refractivity contribution >= 4 is 23.8 Å². The SMILES string of the molecule is CCCCCCCCCCCCCC(=O)N[C@H]1[C@H](OCc2ccccc2)O[C@H](COC(c2ccccc2)(c2ccccc2)c2ccccc2)[C@@H](O[C@@H]2O[C@H](CO)[C@@H](O)[C@H](OC(=O)CCCCCCCCCCCCC)[C@H]2NC(=O)CCCCCCCCCCCCC)[C@@H]1OC(=O)CCCCCCCCCCCCC. The van der Waals surface area contributed by atoms with Crippen LogP contribution in [0.25, 0.3) is 0 Å². The van der Waals surface area contributed by atoms with Gasteiger partial charge in [0.1, 0.15) is 42.1 Å². The number of amides is 2. The van der Waals surface area contributed by atoms with E-state index in [1.54, 1.807) is 0 Å². The molecule has 4 N–H and O–H groups in total. The van der Waals surface area contributed by atoms with Crippen LogP contribution in [0.5, 0.6) is 0 Å². The molecule has 0 saturated carbocycles. The number of unbranched alkanes of at least 4 members (excludes halogenated alkanes) is 40. The zero-order chi connectivity index (χ0) is 77.5. The Kier molecular flexibility index (Phi) is 49.4. The predicted octanol–water partition coefficient (Wildman–Crippen LogP) is 22.0. The van der Waals surface area contributed by atoms with Gasteiger partial charge >= 0.3 is 11.9 Å². The van der Waals surface area contributed by atoms with Gasteiger partial charge in [0.25, 0.3) is 0 Å². The molecule has 109 heavy (non-hydrogen) atoms. The molecule has 2 aliphatic heterocycles. The van der Waals surface area contributed by atoms with Crippen LogP contribution in [0, 0.1) is 0 Å². The van der Waals surface area contributed by atoms with Crippen LogP contribution in [0.15, 0.2) is 121 Å². The van der Waals surface area contributed by atoms with Crippen LogP contribution in [-0.2, 0) is 64.5 Å². The van der Waals surface area contributed by atoms with Gasteiger partial charge in [-0.3, -0.25) is 19.2 Å². The van der Waals surface area contributed by atoms with Crippen molar-refractivity contribution in [1.29, 1.82) is 0 Å². The van der Waals surface area contributed by atoms with E-state index in [9.17, 15) is 24.6 Å². The third-order valence-electron chi connectivity index (χ3n) is 22.2. The van der Waals surface area contributed by atoms with Gasteiger partial charge in [0, 0.05) is 25.7 Å².